The van der Waals surface area contributed by atoms with E-state index in [2.05, 4.69) is 24.0 Å². The number of thiophene rings is 1. The average Bonchev–Trinajstić information content (AvgIpc) is 2.82. The topological polar surface area (TPSA) is 63.9 Å². The van der Waals surface area contributed by atoms with Crippen LogP contribution in [0.1, 0.15) is 25.3 Å². The molecule has 0 fully saturated rings. The van der Waals surface area contributed by atoms with Crippen molar-refractivity contribution >= 4 is 17.2 Å². The summed E-state index contributed by atoms with van der Waals surface area (Å²) in [6.07, 6.45) is 0. The number of methoxy groups -OCH3 is 1. The number of nitrogens with one attached hydrogen (secondary N) is 1. The third-order valence-corrected chi connectivity index (χ3v) is 3.39. The van der Waals surface area contributed by atoms with E-state index in [1.807, 2.05) is 11.4 Å². The van der Waals surface area contributed by atoms with Crippen LogP contribution in [0.2, 0.25) is 0 Å². The molecule has 3 N–H and O–H groups in total. The number of hydrogen-bond donors (Lipinski definition) is 2. The van der Waals surface area contributed by atoms with Crippen molar-refractivity contribution < 1.29 is 4.74 Å². The molecule has 0 aromatic carbocycles. The van der Waals surface area contributed by atoms with Gasteiger partial charge in [-0.3, -0.25) is 5.10 Å². The van der Waals surface area contributed by atoms with Crippen LogP contribution in [0, 0.1) is 0 Å². The van der Waals surface area contributed by atoms with E-state index in [0.717, 1.165) is 21.9 Å². The molecular formula is C11H15N3OS. The van der Waals surface area contributed by atoms with E-state index in [1.54, 1.807) is 18.4 Å². The molecule has 0 saturated heterocycles. The molecule has 0 bridgehead atoms. The molecule has 16 heavy (non-hydrogen) atoms. The lowest BCUT2D eigenvalue weighted by molar-refractivity contribution is 0.417. The second-order valence-electron chi connectivity index (χ2n) is 3.90. The number of H-pyrrole nitrogens is 1. The highest BCUT2D eigenvalue weighted by molar-refractivity contribution is 7.13. The molecule has 2 rings (SSSR count). The highest BCUT2D eigenvalue weighted by atomic mass is 32.1. The second kappa shape index (κ2) is 4.17. The quantitative estimate of drug-likeness (QED) is 0.862. The fourth-order valence-electron chi connectivity index (χ4n) is 1.69. The number of rotatable bonds is 3. The zero-order valence-corrected chi connectivity index (χ0v) is 10.4. The van der Waals surface area contributed by atoms with Crippen molar-refractivity contribution in [3.8, 4) is 16.3 Å². The van der Waals surface area contributed by atoms with Crippen molar-refractivity contribution in [1.29, 1.82) is 0 Å². The predicted molar refractivity (Wildman–Crippen MR) is 67.0 cm³/mol. The smallest absolute Gasteiger partial charge is 0.149 e. The van der Waals surface area contributed by atoms with Gasteiger partial charge in [-0.25, -0.2) is 0 Å². The van der Waals surface area contributed by atoms with Gasteiger partial charge in [-0.05, 0) is 5.92 Å². The van der Waals surface area contributed by atoms with E-state index in [1.165, 1.54) is 0 Å². The Labute approximate surface area is 98.4 Å². The summed E-state index contributed by atoms with van der Waals surface area (Å²) in [5, 5.41) is 9.03. The minimum absolute atomic E-state index is 0.349. The number of nitrogens with zero attached hydrogens (tertiary/aromatic N) is 1. The summed E-state index contributed by atoms with van der Waals surface area (Å²) in [6, 6.07) is 1.99. The van der Waals surface area contributed by atoms with Crippen LogP contribution in [0.4, 0.5) is 5.82 Å². The van der Waals surface area contributed by atoms with Crippen LogP contribution in [0.3, 0.4) is 0 Å². The molecule has 0 spiro atoms. The van der Waals surface area contributed by atoms with Crippen LogP contribution in [-0.2, 0) is 0 Å². The lowest BCUT2D eigenvalue weighted by Gasteiger charge is -2.05. The molecule has 5 heteroatoms. The minimum Gasteiger partial charge on any atom is -0.496 e. The van der Waals surface area contributed by atoms with Gasteiger partial charge < -0.3 is 10.5 Å². The predicted octanol–water partition coefficient (Wildman–Crippen LogP) is 2.85. The van der Waals surface area contributed by atoms with E-state index >= 15 is 0 Å². The fourth-order valence-corrected chi connectivity index (χ4v) is 2.56. The van der Waals surface area contributed by atoms with Gasteiger partial charge in [0.2, 0.25) is 0 Å². The van der Waals surface area contributed by atoms with Crippen molar-refractivity contribution in [1.82, 2.24) is 10.2 Å². The molecule has 0 aliphatic rings. The third kappa shape index (κ3) is 1.78. The molecule has 0 saturated carbocycles. The number of aromatic amines is 1. The summed E-state index contributed by atoms with van der Waals surface area (Å²) in [6.45, 7) is 4.21. The maximum absolute atomic E-state index is 5.85. The standard InChI is InChI=1S/C11H15N3OS/c1-6(2)9-10(13-14-11(9)12)8-4-7(15-3)5-16-8/h4-6H,1-3H3,(H3,12,13,14). The zero-order chi connectivity index (χ0) is 11.7. The van der Waals surface area contributed by atoms with Crippen LogP contribution in [0.15, 0.2) is 11.4 Å². The van der Waals surface area contributed by atoms with Crippen molar-refractivity contribution in [3.05, 3.63) is 17.0 Å². The van der Waals surface area contributed by atoms with Gasteiger partial charge in [-0.1, -0.05) is 13.8 Å². The summed E-state index contributed by atoms with van der Waals surface area (Å²) >= 11 is 1.62. The minimum atomic E-state index is 0.349. The molecule has 86 valence electrons. The lowest BCUT2D eigenvalue weighted by atomic mass is 10.0. The number of ether oxygens (including phenoxy) is 1. The van der Waals surface area contributed by atoms with E-state index in [-0.39, 0.29) is 0 Å². The van der Waals surface area contributed by atoms with E-state index in [4.69, 9.17) is 10.5 Å². The normalized spacial score (nSPS) is 11.0. The highest BCUT2D eigenvalue weighted by Crippen LogP contribution is 2.36. The first-order chi connectivity index (χ1) is 7.63. The Morgan fingerprint density at radius 1 is 1.50 bits per heavy atom. The van der Waals surface area contributed by atoms with Gasteiger partial charge in [0, 0.05) is 17.0 Å². The van der Waals surface area contributed by atoms with Gasteiger partial charge in [0.15, 0.2) is 0 Å². The number of aromatic nitrogens is 2. The van der Waals surface area contributed by atoms with Crippen LogP contribution in [-0.4, -0.2) is 17.3 Å². The molecule has 4 nitrogen and oxygen atoms in total. The van der Waals surface area contributed by atoms with E-state index < -0.39 is 0 Å². The number of anilines is 1. The Balaban J connectivity index is 2.47. The monoisotopic (exact) mass is 237 g/mol. The van der Waals surface area contributed by atoms with E-state index in [0.29, 0.717) is 11.7 Å². The molecule has 2 aromatic heterocycles. The maximum atomic E-state index is 5.85. The van der Waals surface area contributed by atoms with Gasteiger partial charge in [-0.15, -0.1) is 11.3 Å². The van der Waals surface area contributed by atoms with Crippen molar-refractivity contribution in [2.75, 3.05) is 12.8 Å². The Morgan fingerprint density at radius 3 is 2.81 bits per heavy atom. The SMILES string of the molecule is COc1csc(-c2[nH]nc(N)c2C(C)C)c1. The number of nitrogens with two attached hydrogens (primary N) is 1. The number of hydrogen-bond acceptors (Lipinski definition) is 4. The maximum Gasteiger partial charge on any atom is 0.149 e. The molecule has 0 amide bonds. The van der Waals surface area contributed by atoms with Gasteiger partial charge in [0.1, 0.15) is 11.6 Å². The van der Waals surface area contributed by atoms with E-state index in [9.17, 15) is 0 Å². The zero-order valence-electron chi connectivity index (χ0n) is 9.57. The summed E-state index contributed by atoms with van der Waals surface area (Å²) in [4.78, 5) is 1.10. The first-order valence-corrected chi connectivity index (χ1v) is 5.98. The lowest BCUT2D eigenvalue weighted by Crippen LogP contribution is -1.94. The first-order valence-electron chi connectivity index (χ1n) is 5.10. The summed E-state index contributed by atoms with van der Waals surface area (Å²) in [5.74, 6) is 1.79. The molecule has 0 unspecified atom stereocenters. The average molecular weight is 237 g/mol. The van der Waals surface area contributed by atoms with Crippen molar-refractivity contribution in [3.63, 3.8) is 0 Å². The Morgan fingerprint density at radius 2 is 2.25 bits per heavy atom. The van der Waals surface area contributed by atoms with Crippen molar-refractivity contribution in [2.45, 2.75) is 19.8 Å². The Bertz CT molecular complexity index is 487. The first kappa shape index (κ1) is 11.0. The summed E-state index contributed by atoms with van der Waals surface area (Å²) in [5.41, 5.74) is 7.92. The number of nitrogen functional groups attached to an aromatic ring is 1. The molecule has 2 aromatic rings. The summed E-state index contributed by atoms with van der Waals surface area (Å²) < 4.78 is 5.17. The third-order valence-electron chi connectivity index (χ3n) is 2.47. The molecular weight excluding hydrogens is 222 g/mol. The molecule has 0 atom stereocenters. The second-order valence-corrected chi connectivity index (χ2v) is 4.81. The molecule has 2 heterocycles. The van der Waals surface area contributed by atoms with Crippen LogP contribution in [0.5, 0.6) is 5.75 Å². The Kier molecular flexibility index (Phi) is 2.87. The van der Waals surface area contributed by atoms with Crippen molar-refractivity contribution in [2.24, 2.45) is 0 Å². The largest absolute Gasteiger partial charge is 0.496 e. The van der Waals surface area contributed by atoms with Gasteiger partial charge in [-0.2, -0.15) is 5.10 Å². The Hall–Kier alpha value is -1.49. The van der Waals surface area contributed by atoms with Crippen LogP contribution >= 0.6 is 11.3 Å². The summed E-state index contributed by atoms with van der Waals surface area (Å²) in [7, 11) is 1.66. The van der Waals surface area contributed by atoms with Crippen LogP contribution in [0.25, 0.3) is 10.6 Å². The van der Waals surface area contributed by atoms with Gasteiger partial charge in [0.25, 0.3) is 0 Å². The molecule has 0 aliphatic carbocycles. The fraction of sp³-hybridized carbons (Fsp3) is 0.364. The van der Waals surface area contributed by atoms with Gasteiger partial charge in [0.05, 0.1) is 17.7 Å². The highest BCUT2D eigenvalue weighted by Gasteiger charge is 2.17. The van der Waals surface area contributed by atoms with Gasteiger partial charge >= 0.3 is 0 Å². The van der Waals surface area contributed by atoms with Crippen LogP contribution < -0.4 is 10.5 Å². The molecule has 0 radical (unpaired) electrons. The molecule has 0 aliphatic heterocycles.